The van der Waals surface area contributed by atoms with Crippen molar-refractivity contribution in [3.63, 3.8) is 0 Å². The number of hydrogen-bond donors (Lipinski definition) is 4. The molecule has 1 heterocycles. The van der Waals surface area contributed by atoms with E-state index in [9.17, 15) is 4.79 Å². The van der Waals surface area contributed by atoms with Crippen molar-refractivity contribution in [3.8, 4) is 0 Å². The molecule has 94 valence electrons. The van der Waals surface area contributed by atoms with Crippen LogP contribution in [0.5, 0.6) is 0 Å². The molecule has 0 unspecified atom stereocenters. The van der Waals surface area contributed by atoms with E-state index >= 15 is 0 Å². The molecule has 0 spiro atoms. The van der Waals surface area contributed by atoms with Crippen LogP contribution in [-0.2, 0) is 4.79 Å². The number of nitrogens with one attached hydrogen (secondary N) is 4. The van der Waals surface area contributed by atoms with Crippen LogP contribution in [0.3, 0.4) is 0 Å². The molecular weight excluding hydrogens is 230 g/mol. The summed E-state index contributed by atoms with van der Waals surface area (Å²) < 4.78 is 0. The topological polar surface area (TPSA) is 89.4 Å². The van der Waals surface area contributed by atoms with Crippen molar-refractivity contribution in [1.82, 2.24) is 10.7 Å². The highest BCUT2D eigenvalue weighted by Crippen LogP contribution is 2.13. The number of carbonyl (C=O) groups excluding carboxylic acids is 1. The average molecular weight is 245 g/mol. The van der Waals surface area contributed by atoms with Crippen molar-refractivity contribution in [2.75, 3.05) is 12.4 Å². The van der Waals surface area contributed by atoms with Crippen molar-refractivity contribution in [1.29, 1.82) is 5.41 Å². The van der Waals surface area contributed by atoms with E-state index in [1.807, 2.05) is 24.3 Å². The van der Waals surface area contributed by atoms with Gasteiger partial charge in [-0.25, -0.2) is 5.43 Å². The molecule has 0 saturated heterocycles. The van der Waals surface area contributed by atoms with Gasteiger partial charge in [-0.05, 0) is 17.7 Å². The standard InChI is InChI=1S/C12H15N5O/c1-14-12(13)15-9-4-2-8(3-5-9)10-6-7-11(18)17-16-10/h2-5H,6-7H2,1H3,(H,17,18)(H3,13,14,15). The molecule has 0 aliphatic carbocycles. The molecule has 6 nitrogen and oxygen atoms in total. The van der Waals surface area contributed by atoms with Crippen LogP contribution in [0.4, 0.5) is 5.69 Å². The number of nitrogens with zero attached hydrogens (tertiary/aromatic N) is 1. The van der Waals surface area contributed by atoms with Gasteiger partial charge in [-0.2, -0.15) is 5.10 Å². The molecule has 2 rings (SSSR count). The van der Waals surface area contributed by atoms with Gasteiger partial charge >= 0.3 is 0 Å². The van der Waals surface area contributed by atoms with E-state index < -0.39 is 0 Å². The second kappa shape index (κ2) is 5.31. The van der Waals surface area contributed by atoms with Gasteiger partial charge in [0.2, 0.25) is 5.91 Å². The van der Waals surface area contributed by atoms with Crippen molar-refractivity contribution >= 4 is 23.3 Å². The number of carbonyl (C=O) groups is 1. The molecular formula is C12H15N5O. The number of hydrazone groups is 1. The largest absolute Gasteiger partial charge is 0.359 e. The lowest BCUT2D eigenvalue weighted by atomic mass is 10.0. The lowest BCUT2D eigenvalue weighted by Gasteiger charge is -2.13. The van der Waals surface area contributed by atoms with E-state index in [1.165, 1.54) is 0 Å². The second-order valence-corrected chi connectivity index (χ2v) is 3.92. The van der Waals surface area contributed by atoms with Gasteiger partial charge in [0.05, 0.1) is 5.71 Å². The minimum absolute atomic E-state index is 0.0421. The highest BCUT2D eigenvalue weighted by Gasteiger charge is 2.12. The summed E-state index contributed by atoms with van der Waals surface area (Å²) in [5.41, 5.74) is 5.17. The van der Waals surface area contributed by atoms with Crippen LogP contribution in [0.2, 0.25) is 0 Å². The van der Waals surface area contributed by atoms with Crippen LogP contribution in [0.1, 0.15) is 18.4 Å². The molecule has 6 heteroatoms. The fraction of sp³-hybridized carbons (Fsp3) is 0.250. The Bertz CT molecular complexity index is 492. The number of anilines is 1. The zero-order valence-electron chi connectivity index (χ0n) is 10.1. The van der Waals surface area contributed by atoms with E-state index in [4.69, 9.17) is 5.41 Å². The van der Waals surface area contributed by atoms with Crippen LogP contribution in [0.15, 0.2) is 29.4 Å². The number of rotatable bonds is 2. The molecule has 1 aliphatic heterocycles. The summed E-state index contributed by atoms with van der Waals surface area (Å²) in [5.74, 6) is 0.199. The first-order valence-electron chi connectivity index (χ1n) is 5.68. The Labute approximate surface area is 105 Å². The molecule has 18 heavy (non-hydrogen) atoms. The first-order valence-corrected chi connectivity index (χ1v) is 5.68. The minimum atomic E-state index is -0.0421. The SMILES string of the molecule is CNC(=N)Nc1ccc(C2=NNC(=O)CC2)cc1. The normalized spacial score (nSPS) is 14.5. The minimum Gasteiger partial charge on any atom is -0.359 e. The predicted molar refractivity (Wildman–Crippen MR) is 70.8 cm³/mol. The van der Waals surface area contributed by atoms with Gasteiger partial charge in [0.15, 0.2) is 5.96 Å². The fourth-order valence-electron chi connectivity index (χ4n) is 1.64. The Morgan fingerprint density at radius 2 is 2.06 bits per heavy atom. The van der Waals surface area contributed by atoms with Gasteiger partial charge in [-0.15, -0.1) is 0 Å². The smallest absolute Gasteiger partial charge is 0.240 e. The van der Waals surface area contributed by atoms with Crippen molar-refractivity contribution < 1.29 is 4.79 Å². The Balaban J connectivity index is 2.08. The number of amides is 1. The lowest BCUT2D eigenvalue weighted by Crippen LogP contribution is -2.26. The molecule has 0 radical (unpaired) electrons. The maximum atomic E-state index is 11.0. The first kappa shape index (κ1) is 12.1. The summed E-state index contributed by atoms with van der Waals surface area (Å²) in [6.07, 6.45) is 1.13. The zero-order valence-corrected chi connectivity index (χ0v) is 10.1. The molecule has 0 saturated carbocycles. The molecule has 1 amide bonds. The molecule has 1 aliphatic rings. The van der Waals surface area contributed by atoms with Crippen LogP contribution in [0.25, 0.3) is 0 Å². The van der Waals surface area contributed by atoms with E-state index in [1.54, 1.807) is 7.05 Å². The van der Waals surface area contributed by atoms with E-state index in [0.717, 1.165) is 17.0 Å². The monoisotopic (exact) mass is 245 g/mol. The summed E-state index contributed by atoms with van der Waals surface area (Å²) >= 11 is 0. The predicted octanol–water partition coefficient (Wildman–Crippen LogP) is 0.867. The van der Waals surface area contributed by atoms with Gasteiger partial charge in [-0.3, -0.25) is 10.2 Å². The van der Waals surface area contributed by atoms with E-state index in [0.29, 0.717) is 12.8 Å². The molecule has 1 aromatic rings. The molecule has 0 aromatic heterocycles. The van der Waals surface area contributed by atoms with Gasteiger partial charge in [0.1, 0.15) is 0 Å². The van der Waals surface area contributed by atoms with E-state index in [2.05, 4.69) is 21.2 Å². The fourth-order valence-corrected chi connectivity index (χ4v) is 1.64. The lowest BCUT2D eigenvalue weighted by molar-refractivity contribution is -0.121. The van der Waals surface area contributed by atoms with Crippen molar-refractivity contribution in [3.05, 3.63) is 29.8 Å². The Hall–Kier alpha value is -2.37. The van der Waals surface area contributed by atoms with E-state index in [-0.39, 0.29) is 11.9 Å². The van der Waals surface area contributed by atoms with Gasteiger partial charge < -0.3 is 10.6 Å². The quantitative estimate of drug-likeness (QED) is 0.460. The second-order valence-electron chi connectivity index (χ2n) is 3.92. The molecule has 4 N–H and O–H groups in total. The van der Waals surface area contributed by atoms with Gasteiger partial charge in [-0.1, -0.05) is 12.1 Å². The summed E-state index contributed by atoms with van der Waals surface area (Å²) in [5, 5.41) is 17.1. The number of guanidine groups is 1. The third-order valence-corrected chi connectivity index (χ3v) is 2.64. The molecule has 0 bridgehead atoms. The zero-order chi connectivity index (χ0) is 13.0. The van der Waals surface area contributed by atoms with Crippen LogP contribution in [-0.4, -0.2) is 24.6 Å². The molecule has 0 atom stereocenters. The Morgan fingerprint density at radius 1 is 1.33 bits per heavy atom. The van der Waals surface area contributed by atoms with Crippen molar-refractivity contribution in [2.45, 2.75) is 12.8 Å². The van der Waals surface area contributed by atoms with Gasteiger partial charge in [0, 0.05) is 25.6 Å². The van der Waals surface area contributed by atoms with Crippen LogP contribution < -0.4 is 16.1 Å². The summed E-state index contributed by atoms with van der Waals surface area (Å²) in [6, 6.07) is 7.59. The average Bonchev–Trinajstić information content (AvgIpc) is 2.40. The van der Waals surface area contributed by atoms with Crippen LogP contribution >= 0.6 is 0 Å². The maximum absolute atomic E-state index is 11.0. The highest BCUT2D eigenvalue weighted by molar-refractivity contribution is 6.04. The molecule has 1 aromatic carbocycles. The van der Waals surface area contributed by atoms with Gasteiger partial charge in [0.25, 0.3) is 0 Å². The first-order chi connectivity index (χ1) is 8.69. The molecule has 0 fully saturated rings. The Kier molecular flexibility index (Phi) is 3.57. The third kappa shape index (κ3) is 2.85. The summed E-state index contributed by atoms with van der Waals surface area (Å²) in [6.45, 7) is 0. The van der Waals surface area contributed by atoms with Crippen molar-refractivity contribution in [2.24, 2.45) is 5.10 Å². The maximum Gasteiger partial charge on any atom is 0.240 e. The summed E-state index contributed by atoms with van der Waals surface area (Å²) in [7, 11) is 1.68. The Morgan fingerprint density at radius 3 is 2.61 bits per heavy atom. The highest BCUT2D eigenvalue weighted by atomic mass is 16.2. The number of hydrogen-bond acceptors (Lipinski definition) is 3. The summed E-state index contributed by atoms with van der Waals surface area (Å²) in [4.78, 5) is 11.0. The van der Waals surface area contributed by atoms with Crippen LogP contribution in [0, 0.1) is 5.41 Å². The third-order valence-electron chi connectivity index (χ3n) is 2.64. The number of benzene rings is 1.